The molecule has 2 unspecified atom stereocenters. The number of likely N-dealkylation sites (tertiary alicyclic amines) is 1. The summed E-state index contributed by atoms with van der Waals surface area (Å²) in [6, 6.07) is 14.6. The lowest BCUT2D eigenvalue weighted by molar-refractivity contribution is 0.0344. The summed E-state index contributed by atoms with van der Waals surface area (Å²) < 4.78 is 0. The number of phenols is 1. The number of fused-ring (bicyclic) bond motifs is 1. The van der Waals surface area contributed by atoms with Crippen molar-refractivity contribution in [1.82, 2.24) is 10.2 Å². The van der Waals surface area contributed by atoms with Gasteiger partial charge in [-0.3, -0.25) is 4.79 Å². The lowest BCUT2D eigenvalue weighted by Gasteiger charge is -2.42. The Morgan fingerprint density at radius 3 is 2.64 bits per heavy atom. The summed E-state index contributed by atoms with van der Waals surface area (Å²) in [5, 5.41) is 24.3. The molecule has 2 aliphatic rings. The van der Waals surface area contributed by atoms with Crippen molar-refractivity contribution in [3.8, 4) is 5.75 Å². The van der Waals surface area contributed by atoms with Gasteiger partial charge in [0.25, 0.3) is 5.91 Å². The maximum atomic E-state index is 13.1. The molecule has 1 amide bonds. The predicted molar refractivity (Wildman–Crippen MR) is 134 cm³/mol. The molecule has 3 N–H and O–H groups in total. The monoisotopic (exact) mass is 468 g/mol. The fraction of sp³-hybridized carbons (Fsp3) is 0.519. The van der Waals surface area contributed by atoms with Crippen molar-refractivity contribution in [2.45, 2.75) is 56.1 Å². The van der Waals surface area contributed by atoms with Gasteiger partial charge in [-0.15, -0.1) is 11.8 Å². The average Bonchev–Trinajstić information content (AvgIpc) is 2.83. The number of hydrogen-bond donors (Lipinski definition) is 3. The van der Waals surface area contributed by atoms with Crippen LogP contribution in [0, 0.1) is 18.8 Å². The number of aliphatic hydroxyl groups excluding tert-OH is 1. The van der Waals surface area contributed by atoms with E-state index >= 15 is 0 Å². The Kier molecular flexibility index (Phi) is 8.34. The third kappa shape index (κ3) is 6.31. The van der Waals surface area contributed by atoms with Crippen LogP contribution in [0.25, 0.3) is 0 Å². The molecule has 1 saturated carbocycles. The van der Waals surface area contributed by atoms with E-state index in [0.29, 0.717) is 23.4 Å². The maximum Gasteiger partial charge on any atom is 0.252 e. The van der Waals surface area contributed by atoms with E-state index in [2.05, 4.69) is 10.2 Å². The van der Waals surface area contributed by atoms with E-state index in [1.54, 1.807) is 36.9 Å². The first-order valence-electron chi connectivity index (χ1n) is 12.2. The van der Waals surface area contributed by atoms with Crippen LogP contribution in [0.15, 0.2) is 53.4 Å². The number of benzene rings is 2. The standard InChI is InChI=1S/C27H36N2O3S/c1-19-23(12-7-13-25(19)30)27(32)28-24(18-33-22-10-3-2-4-11-22)26(31)17-29-15-14-20-8-5-6-9-21(20)16-29/h2-4,7,10-13,20-21,24,26,30-31H,5-6,8-9,14-18H2,1H3,(H,28,32)/t20?,21?,24-,26+/m0/s1. The first-order valence-corrected chi connectivity index (χ1v) is 13.2. The van der Waals surface area contributed by atoms with E-state index in [-0.39, 0.29) is 11.7 Å². The largest absolute Gasteiger partial charge is 0.508 e. The van der Waals surface area contributed by atoms with Gasteiger partial charge in [-0.05, 0) is 62.4 Å². The van der Waals surface area contributed by atoms with Gasteiger partial charge in [-0.2, -0.15) is 0 Å². The zero-order valence-corrected chi connectivity index (χ0v) is 20.3. The van der Waals surface area contributed by atoms with E-state index in [1.807, 2.05) is 30.3 Å². The SMILES string of the molecule is Cc1c(O)cccc1C(=O)N[C@@H](CSc1ccccc1)[C@H](O)CN1CCC2CCCCC2C1. The second-order valence-corrected chi connectivity index (χ2v) is 10.7. The van der Waals surface area contributed by atoms with Crippen LogP contribution in [-0.4, -0.2) is 58.6 Å². The zero-order chi connectivity index (χ0) is 23.2. The molecule has 4 atom stereocenters. The molecular formula is C27H36N2O3S. The van der Waals surface area contributed by atoms with Gasteiger partial charge < -0.3 is 20.4 Å². The van der Waals surface area contributed by atoms with Crippen molar-refractivity contribution in [2.24, 2.45) is 11.8 Å². The van der Waals surface area contributed by atoms with Gasteiger partial charge in [-0.25, -0.2) is 0 Å². The van der Waals surface area contributed by atoms with Gasteiger partial charge in [0.2, 0.25) is 0 Å². The molecule has 1 aliphatic heterocycles. The first-order chi connectivity index (χ1) is 16.0. The number of β-amino-alcohol motifs (C(OH)–C–C–N with tert-alkyl or cyclic N) is 1. The number of rotatable bonds is 8. The quantitative estimate of drug-likeness (QED) is 0.499. The second-order valence-electron chi connectivity index (χ2n) is 9.57. The molecule has 0 aromatic heterocycles. The third-order valence-electron chi connectivity index (χ3n) is 7.32. The van der Waals surface area contributed by atoms with E-state index < -0.39 is 12.1 Å². The van der Waals surface area contributed by atoms with Gasteiger partial charge in [0.15, 0.2) is 0 Å². The minimum atomic E-state index is -0.664. The number of carbonyl (C=O) groups excluding carboxylic acids is 1. The number of nitrogens with zero attached hydrogens (tertiary/aromatic N) is 1. The van der Waals surface area contributed by atoms with Crippen molar-refractivity contribution in [3.05, 3.63) is 59.7 Å². The van der Waals surface area contributed by atoms with E-state index in [4.69, 9.17) is 0 Å². The smallest absolute Gasteiger partial charge is 0.252 e. The summed E-state index contributed by atoms with van der Waals surface area (Å²) in [7, 11) is 0. The van der Waals surface area contributed by atoms with Gasteiger partial charge in [0.05, 0.1) is 12.1 Å². The average molecular weight is 469 g/mol. The number of amides is 1. The highest BCUT2D eigenvalue weighted by molar-refractivity contribution is 7.99. The minimum Gasteiger partial charge on any atom is -0.508 e. The Morgan fingerprint density at radius 1 is 1.09 bits per heavy atom. The Labute approximate surface area is 201 Å². The third-order valence-corrected chi connectivity index (χ3v) is 8.46. The molecule has 6 heteroatoms. The van der Waals surface area contributed by atoms with Crippen LogP contribution in [0.3, 0.4) is 0 Å². The van der Waals surface area contributed by atoms with E-state index in [9.17, 15) is 15.0 Å². The number of aromatic hydroxyl groups is 1. The maximum absolute atomic E-state index is 13.1. The van der Waals surface area contributed by atoms with Gasteiger partial charge >= 0.3 is 0 Å². The summed E-state index contributed by atoms with van der Waals surface area (Å²) in [4.78, 5) is 16.6. The van der Waals surface area contributed by atoms with Crippen LogP contribution < -0.4 is 5.32 Å². The molecule has 0 radical (unpaired) electrons. The van der Waals surface area contributed by atoms with Crippen molar-refractivity contribution < 1.29 is 15.0 Å². The minimum absolute atomic E-state index is 0.105. The summed E-state index contributed by atoms with van der Waals surface area (Å²) in [6.07, 6.45) is 5.91. The molecular weight excluding hydrogens is 432 g/mol. The van der Waals surface area contributed by atoms with E-state index in [0.717, 1.165) is 29.8 Å². The number of carbonyl (C=O) groups is 1. The molecule has 2 aromatic rings. The Balaban J connectivity index is 1.43. The topological polar surface area (TPSA) is 72.8 Å². The van der Waals surface area contributed by atoms with Gasteiger partial charge in [-0.1, -0.05) is 43.5 Å². The lowest BCUT2D eigenvalue weighted by Crippen LogP contribution is -2.52. The molecule has 2 aromatic carbocycles. The second kappa shape index (κ2) is 11.4. The first kappa shape index (κ1) is 24.1. The summed E-state index contributed by atoms with van der Waals surface area (Å²) in [6.45, 7) is 4.39. The van der Waals surface area contributed by atoms with Crippen LogP contribution in [0.2, 0.25) is 0 Å². The predicted octanol–water partition coefficient (Wildman–Crippen LogP) is 4.46. The number of aliphatic hydroxyl groups is 1. The van der Waals surface area contributed by atoms with Crippen LogP contribution >= 0.6 is 11.8 Å². The molecule has 0 bridgehead atoms. The Bertz CT molecular complexity index is 923. The molecule has 1 aliphatic carbocycles. The summed E-state index contributed by atoms with van der Waals surface area (Å²) in [5.41, 5.74) is 0.998. The van der Waals surface area contributed by atoms with Crippen LogP contribution in [0.5, 0.6) is 5.75 Å². The highest BCUT2D eigenvalue weighted by Crippen LogP contribution is 2.36. The molecule has 2 fully saturated rings. The number of hydrogen-bond acceptors (Lipinski definition) is 5. The van der Waals surface area contributed by atoms with Gasteiger partial charge in [0, 0.05) is 34.9 Å². The Hall–Kier alpha value is -2.02. The van der Waals surface area contributed by atoms with Gasteiger partial charge in [0.1, 0.15) is 5.75 Å². The van der Waals surface area contributed by atoms with Crippen molar-refractivity contribution >= 4 is 17.7 Å². The van der Waals surface area contributed by atoms with Crippen molar-refractivity contribution in [3.63, 3.8) is 0 Å². The molecule has 5 nitrogen and oxygen atoms in total. The molecule has 178 valence electrons. The lowest BCUT2D eigenvalue weighted by atomic mass is 9.75. The molecule has 1 heterocycles. The van der Waals surface area contributed by atoms with E-state index in [1.165, 1.54) is 32.1 Å². The number of nitrogens with one attached hydrogen (secondary N) is 1. The number of phenolic OH excluding ortho intramolecular Hbond substituents is 1. The molecule has 1 saturated heterocycles. The fourth-order valence-electron chi connectivity index (χ4n) is 5.30. The fourth-order valence-corrected chi connectivity index (χ4v) is 6.33. The summed E-state index contributed by atoms with van der Waals surface area (Å²) >= 11 is 1.64. The highest BCUT2D eigenvalue weighted by Gasteiger charge is 2.33. The Morgan fingerprint density at radius 2 is 1.85 bits per heavy atom. The van der Waals surface area contributed by atoms with Crippen molar-refractivity contribution in [1.29, 1.82) is 0 Å². The number of piperidine rings is 1. The number of thioether (sulfide) groups is 1. The van der Waals surface area contributed by atoms with Crippen molar-refractivity contribution in [2.75, 3.05) is 25.4 Å². The zero-order valence-electron chi connectivity index (χ0n) is 19.5. The van der Waals surface area contributed by atoms with Crippen LogP contribution in [-0.2, 0) is 0 Å². The summed E-state index contributed by atoms with van der Waals surface area (Å²) in [5.74, 6) is 2.03. The van der Waals surface area contributed by atoms with Crippen LogP contribution in [0.1, 0.15) is 48.0 Å². The molecule has 4 rings (SSSR count). The van der Waals surface area contributed by atoms with Crippen LogP contribution in [0.4, 0.5) is 0 Å². The molecule has 33 heavy (non-hydrogen) atoms. The highest BCUT2D eigenvalue weighted by atomic mass is 32.2. The normalized spacial score (nSPS) is 22.8. The molecule has 0 spiro atoms.